The number of anilines is 2. The zero-order valence-electron chi connectivity index (χ0n) is 10.4. The molecule has 2 heterocycles. The molecular weight excluding hydrogens is 252 g/mol. The topological polar surface area (TPSA) is 55.0 Å². The van der Waals surface area contributed by atoms with Crippen LogP contribution in [0.3, 0.4) is 0 Å². The summed E-state index contributed by atoms with van der Waals surface area (Å²) in [4.78, 5) is 11.0. The molecule has 1 aromatic heterocycles. The fraction of sp³-hybridized carbons (Fsp3) is 0.636. The van der Waals surface area contributed by atoms with Crippen molar-refractivity contribution in [3.05, 3.63) is 6.07 Å². The van der Waals surface area contributed by atoms with Gasteiger partial charge >= 0.3 is 0 Å². The Labute approximate surface area is 111 Å². The second kappa shape index (κ2) is 5.35. The highest BCUT2D eigenvalue weighted by Crippen LogP contribution is 2.28. The summed E-state index contributed by atoms with van der Waals surface area (Å²) in [5, 5.41) is 2.01. The van der Waals surface area contributed by atoms with E-state index in [2.05, 4.69) is 28.7 Å². The normalized spacial score (nSPS) is 25.0. The van der Waals surface area contributed by atoms with Crippen molar-refractivity contribution in [2.45, 2.75) is 29.5 Å². The first kappa shape index (κ1) is 12.8. The monoisotopic (exact) mass is 270 g/mol. The number of nitrogens with two attached hydrogens (primary N) is 1. The molecule has 1 aliphatic heterocycles. The first-order valence-corrected chi connectivity index (χ1v) is 7.84. The molecule has 1 aromatic rings. The van der Waals surface area contributed by atoms with E-state index in [0.717, 1.165) is 24.1 Å². The molecule has 94 valence electrons. The van der Waals surface area contributed by atoms with Gasteiger partial charge < -0.3 is 10.6 Å². The maximum Gasteiger partial charge on any atom is 0.191 e. The van der Waals surface area contributed by atoms with Gasteiger partial charge in [0.1, 0.15) is 11.6 Å². The minimum absolute atomic E-state index is 0.554. The maximum absolute atomic E-state index is 5.81. The molecule has 4 nitrogen and oxygen atoms in total. The lowest BCUT2D eigenvalue weighted by Crippen LogP contribution is -2.41. The van der Waals surface area contributed by atoms with Crippen LogP contribution < -0.4 is 10.6 Å². The summed E-state index contributed by atoms with van der Waals surface area (Å²) in [6.07, 6.45) is 1.97. The van der Waals surface area contributed by atoms with Crippen molar-refractivity contribution in [1.82, 2.24) is 9.97 Å². The lowest BCUT2D eigenvalue weighted by Gasteiger charge is -2.35. The van der Waals surface area contributed by atoms with Gasteiger partial charge in [-0.15, -0.1) is 0 Å². The van der Waals surface area contributed by atoms with Gasteiger partial charge in [0.05, 0.1) is 0 Å². The first-order valence-electron chi connectivity index (χ1n) is 5.67. The van der Waals surface area contributed by atoms with Gasteiger partial charge in [-0.1, -0.05) is 25.6 Å². The Morgan fingerprint density at radius 3 is 2.59 bits per heavy atom. The van der Waals surface area contributed by atoms with Crippen molar-refractivity contribution >= 4 is 35.2 Å². The molecule has 1 fully saturated rings. The number of nitrogen functional groups attached to an aromatic ring is 1. The lowest BCUT2D eigenvalue weighted by molar-refractivity contribution is 0.711. The minimum Gasteiger partial charge on any atom is -0.383 e. The Bertz CT molecular complexity index is 389. The van der Waals surface area contributed by atoms with Gasteiger partial charge in [0.2, 0.25) is 0 Å². The van der Waals surface area contributed by atoms with Crippen molar-refractivity contribution in [2.75, 3.05) is 30.0 Å². The third-order valence-electron chi connectivity index (χ3n) is 2.64. The van der Waals surface area contributed by atoms with Crippen molar-refractivity contribution in [1.29, 1.82) is 0 Å². The Balaban J connectivity index is 2.23. The van der Waals surface area contributed by atoms with Crippen LogP contribution >= 0.6 is 23.5 Å². The molecule has 1 aliphatic rings. The first-order chi connectivity index (χ1) is 8.08. The zero-order chi connectivity index (χ0) is 12.4. The van der Waals surface area contributed by atoms with E-state index in [-0.39, 0.29) is 0 Å². The second-order valence-corrected chi connectivity index (χ2v) is 6.96. The Morgan fingerprint density at radius 2 is 2.00 bits per heavy atom. The van der Waals surface area contributed by atoms with Gasteiger partial charge in [-0.2, -0.15) is 11.8 Å². The Morgan fingerprint density at radius 1 is 1.35 bits per heavy atom. The predicted molar refractivity (Wildman–Crippen MR) is 77.0 cm³/mol. The van der Waals surface area contributed by atoms with E-state index in [0.29, 0.717) is 16.3 Å². The van der Waals surface area contributed by atoms with Crippen molar-refractivity contribution in [3.63, 3.8) is 0 Å². The van der Waals surface area contributed by atoms with Crippen LogP contribution in [-0.2, 0) is 0 Å². The number of thioether (sulfide) groups is 2. The van der Waals surface area contributed by atoms with E-state index in [1.165, 1.54) is 11.8 Å². The second-order valence-electron chi connectivity index (χ2n) is 4.30. The number of rotatable bonds is 2. The van der Waals surface area contributed by atoms with E-state index in [1.54, 1.807) is 0 Å². The van der Waals surface area contributed by atoms with Crippen LogP contribution in [0.15, 0.2) is 11.2 Å². The average Bonchev–Trinajstić information content (AvgIpc) is 2.26. The third kappa shape index (κ3) is 3.19. The fourth-order valence-corrected chi connectivity index (χ4v) is 3.76. The molecule has 2 unspecified atom stereocenters. The molecule has 0 aromatic carbocycles. The van der Waals surface area contributed by atoms with Crippen LogP contribution in [0.4, 0.5) is 11.6 Å². The van der Waals surface area contributed by atoms with Crippen LogP contribution in [0.5, 0.6) is 0 Å². The van der Waals surface area contributed by atoms with Crippen LogP contribution in [0.1, 0.15) is 13.8 Å². The predicted octanol–water partition coefficient (Wildman–Crippen LogP) is 2.11. The van der Waals surface area contributed by atoms with Gasteiger partial charge in [-0.3, -0.25) is 0 Å². The molecular formula is C11H18N4S2. The number of hydrogen-bond donors (Lipinski definition) is 1. The Hall–Kier alpha value is -0.620. The van der Waals surface area contributed by atoms with E-state index >= 15 is 0 Å². The zero-order valence-corrected chi connectivity index (χ0v) is 12.0. The average molecular weight is 270 g/mol. The number of aromatic nitrogens is 2. The van der Waals surface area contributed by atoms with E-state index < -0.39 is 0 Å². The highest BCUT2D eigenvalue weighted by atomic mass is 32.2. The SMILES string of the molecule is CSc1nc(N)cc(N2CC(C)SC(C)C2)n1. The Kier molecular flexibility index (Phi) is 4.04. The lowest BCUT2D eigenvalue weighted by atomic mass is 10.3. The van der Waals surface area contributed by atoms with Gasteiger partial charge in [-0.25, -0.2) is 9.97 Å². The van der Waals surface area contributed by atoms with Gasteiger partial charge in [0, 0.05) is 29.7 Å². The number of hydrogen-bond acceptors (Lipinski definition) is 6. The minimum atomic E-state index is 0.554. The van der Waals surface area contributed by atoms with E-state index in [4.69, 9.17) is 5.73 Å². The van der Waals surface area contributed by atoms with Crippen LogP contribution in [-0.4, -0.2) is 39.8 Å². The summed E-state index contributed by atoms with van der Waals surface area (Å²) in [5.41, 5.74) is 5.81. The third-order valence-corrected chi connectivity index (χ3v) is 4.41. The largest absolute Gasteiger partial charge is 0.383 e. The van der Waals surface area contributed by atoms with Gasteiger partial charge in [-0.05, 0) is 6.26 Å². The van der Waals surface area contributed by atoms with Gasteiger partial charge in [0.25, 0.3) is 0 Å². The maximum atomic E-state index is 5.81. The van der Waals surface area contributed by atoms with Crippen LogP contribution in [0.2, 0.25) is 0 Å². The van der Waals surface area contributed by atoms with Gasteiger partial charge in [0.15, 0.2) is 5.16 Å². The molecule has 2 atom stereocenters. The molecule has 0 aliphatic carbocycles. The standard InChI is InChI=1S/C11H18N4S2/c1-7-5-15(6-8(2)17-7)10-4-9(12)13-11(14-10)16-3/h4,7-8H,5-6H2,1-3H3,(H2,12,13,14). The molecule has 2 N–H and O–H groups in total. The summed E-state index contributed by atoms with van der Waals surface area (Å²) >= 11 is 3.56. The van der Waals surface area contributed by atoms with Crippen molar-refractivity contribution < 1.29 is 0 Å². The smallest absolute Gasteiger partial charge is 0.191 e. The number of nitrogens with zero attached hydrogens (tertiary/aromatic N) is 3. The summed E-state index contributed by atoms with van der Waals surface area (Å²) in [6, 6.07) is 1.87. The molecule has 2 rings (SSSR count). The molecule has 6 heteroatoms. The summed E-state index contributed by atoms with van der Waals surface area (Å²) < 4.78 is 0. The molecule has 0 radical (unpaired) electrons. The van der Waals surface area contributed by atoms with Crippen molar-refractivity contribution in [2.24, 2.45) is 0 Å². The molecule has 0 saturated carbocycles. The fourth-order valence-electron chi connectivity index (χ4n) is 2.05. The van der Waals surface area contributed by atoms with E-state index in [9.17, 15) is 0 Å². The summed E-state index contributed by atoms with van der Waals surface area (Å²) in [5.74, 6) is 1.51. The highest BCUT2D eigenvalue weighted by Gasteiger charge is 2.23. The molecule has 1 saturated heterocycles. The quantitative estimate of drug-likeness (QED) is 0.656. The van der Waals surface area contributed by atoms with Crippen LogP contribution in [0, 0.1) is 0 Å². The summed E-state index contributed by atoms with van der Waals surface area (Å²) in [6.45, 7) is 6.57. The molecule has 0 amide bonds. The highest BCUT2D eigenvalue weighted by molar-refractivity contribution is 8.00. The molecule has 17 heavy (non-hydrogen) atoms. The summed E-state index contributed by atoms with van der Waals surface area (Å²) in [7, 11) is 0. The van der Waals surface area contributed by atoms with E-state index in [1.807, 2.05) is 24.1 Å². The van der Waals surface area contributed by atoms with Crippen molar-refractivity contribution in [3.8, 4) is 0 Å². The molecule has 0 bridgehead atoms. The van der Waals surface area contributed by atoms with Crippen LogP contribution in [0.25, 0.3) is 0 Å². The molecule has 0 spiro atoms.